The van der Waals surface area contributed by atoms with Crippen LogP contribution in [0.2, 0.25) is 0 Å². The lowest BCUT2D eigenvalue weighted by molar-refractivity contribution is -0.166. The molecule has 69 heavy (non-hydrogen) atoms. The average Bonchev–Trinajstić information content (AvgIpc) is 3.35. The lowest BCUT2D eigenvalue weighted by atomic mass is 10.0. The van der Waals surface area contributed by atoms with Crippen LogP contribution >= 0.6 is 0 Å². The number of ether oxygens (including phenoxy) is 3. The molecule has 0 amide bonds. The van der Waals surface area contributed by atoms with Crippen LogP contribution in [-0.2, 0) is 28.6 Å². The van der Waals surface area contributed by atoms with E-state index < -0.39 is 12.1 Å². The molecule has 390 valence electrons. The highest BCUT2D eigenvalue weighted by atomic mass is 16.6. The summed E-state index contributed by atoms with van der Waals surface area (Å²) in [6.45, 7) is 6.29. The van der Waals surface area contributed by atoms with E-state index in [1.54, 1.807) is 0 Å². The summed E-state index contributed by atoms with van der Waals surface area (Å²) in [5.74, 6) is -1.00. The molecule has 6 heteroatoms. The van der Waals surface area contributed by atoms with Crippen molar-refractivity contribution in [2.24, 2.45) is 0 Å². The van der Waals surface area contributed by atoms with Gasteiger partial charge in [-0.15, -0.1) is 0 Å². The maximum Gasteiger partial charge on any atom is 0.306 e. The first kappa shape index (κ1) is 64.8. The van der Waals surface area contributed by atoms with Crippen LogP contribution in [0.3, 0.4) is 0 Å². The topological polar surface area (TPSA) is 78.9 Å². The number of carbonyl (C=O) groups is 3. The molecule has 0 spiro atoms. The lowest BCUT2D eigenvalue weighted by Gasteiger charge is -2.18. The van der Waals surface area contributed by atoms with Gasteiger partial charge < -0.3 is 14.2 Å². The Morgan fingerprint density at radius 1 is 0.304 bits per heavy atom. The van der Waals surface area contributed by atoms with Crippen molar-refractivity contribution in [3.8, 4) is 0 Å². The van der Waals surface area contributed by atoms with Gasteiger partial charge in [0.2, 0.25) is 0 Å². The molecule has 0 saturated heterocycles. The molecule has 0 bridgehead atoms. The first-order valence-electron chi connectivity index (χ1n) is 28.0. The Balaban J connectivity index is 4.14. The van der Waals surface area contributed by atoms with Crippen LogP contribution in [0.1, 0.15) is 239 Å². The summed E-state index contributed by atoms with van der Waals surface area (Å²) in [6, 6.07) is 0. The van der Waals surface area contributed by atoms with Gasteiger partial charge >= 0.3 is 17.9 Å². The number of esters is 3. The quantitative estimate of drug-likeness (QED) is 0.0262. The van der Waals surface area contributed by atoms with Crippen LogP contribution in [0.5, 0.6) is 0 Å². The molecule has 1 atom stereocenters. The molecule has 0 N–H and O–H groups in total. The summed E-state index contributed by atoms with van der Waals surface area (Å²) in [6.07, 6.45) is 78.1. The second-order valence-corrected chi connectivity index (χ2v) is 18.1. The highest BCUT2D eigenvalue weighted by molar-refractivity contribution is 5.71. The van der Waals surface area contributed by atoms with Gasteiger partial charge in [-0.05, 0) is 96.3 Å². The van der Waals surface area contributed by atoms with Gasteiger partial charge in [-0.1, -0.05) is 245 Å². The fourth-order valence-corrected chi connectivity index (χ4v) is 7.34. The molecule has 0 aromatic heterocycles. The zero-order valence-corrected chi connectivity index (χ0v) is 44.5. The monoisotopic (exact) mass is 955 g/mol. The Morgan fingerprint density at radius 2 is 0.594 bits per heavy atom. The standard InChI is InChI=1S/C63H102O6/c1-4-7-10-13-16-18-20-22-23-24-25-26-27-28-29-30-31-32-33-34-35-36-37-38-39-41-42-44-47-50-53-56-62(65)68-59-60(58-67-61(64)55-52-49-46-15-12-9-6-3)69-63(66)57-54-51-48-45-43-40-21-19-17-14-11-8-5-2/h7-8,10-11,16-19,22-23,25-26,28-29,31-32,40,43,48,51,60H,4-6,9,12-15,20-21,24,27,30,33-39,41-42,44-47,49-50,52-59H2,1-3H3/b10-7-,11-8-,18-16-,19-17-,23-22-,26-25-,29-28-,32-31-,43-40-,51-48-. The van der Waals surface area contributed by atoms with Crippen molar-refractivity contribution in [1.29, 1.82) is 0 Å². The maximum absolute atomic E-state index is 12.7. The predicted octanol–water partition coefficient (Wildman–Crippen LogP) is 18.9. The molecule has 0 aliphatic carbocycles. The molecule has 0 aliphatic rings. The smallest absolute Gasteiger partial charge is 0.306 e. The number of hydrogen-bond donors (Lipinski definition) is 0. The van der Waals surface area contributed by atoms with Crippen LogP contribution < -0.4 is 0 Å². The van der Waals surface area contributed by atoms with Gasteiger partial charge in [0.25, 0.3) is 0 Å². The third-order valence-electron chi connectivity index (χ3n) is 11.5. The van der Waals surface area contributed by atoms with Gasteiger partial charge in [0, 0.05) is 19.3 Å². The third-order valence-corrected chi connectivity index (χ3v) is 11.5. The molecule has 1 unspecified atom stereocenters. The summed E-state index contributed by atoms with van der Waals surface area (Å²) in [4.78, 5) is 37.8. The van der Waals surface area contributed by atoms with E-state index in [0.717, 1.165) is 103 Å². The van der Waals surface area contributed by atoms with Gasteiger partial charge in [0.05, 0.1) is 0 Å². The van der Waals surface area contributed by atoms with E-state index in [9.17, 15) is 14.4 Å². The van der Waals surface area contributed by atoms with Crippen molar-refractivity contribution >= 4 is 17.9 Å². The Bertz CT molecular complexity index is 1470. The number of hydrogen-bond acceptors (Lipinski definition) is 6. The summed E-state index contributed by atoms with van der Waals surface area (Å²) in [5.41, 5.74) is 0. The minimum absolute atomic E-state index is 0.108. The van der Waals surface area contributed by atoms with Crippen LogP contribution in [0, 0.1) is 0 Å². The van der Waals surface area contributed by atoms with Crippen molar-refractivity contribution in [3.63, 3.8) is 0 Å². The average molecular weight is 956 g/mol. The molecule has 0 aromatic carbocycles. The van der Waals surface area contributed by atoms with Crippen LogP contribution in [-0.4, -0.2) is 37.2 Å². The molecule has 0 radical (unpaired) electrons. The lowest BCUT2D eigenvalue weighted by Crippen LogP contribution is -2.30. The van der Waals surface area contributed by atoms with Crippen molar-refractivity contribution in [1.82, 2.24) is 0 Å². The Kier molecular flexibility index (Phi) is 53.0. The minimum Gasteiger partial charge on any atom is -0.462 e. The number of unbranched alkanes of at least 4 members (excludes halogenated alkanes) is 18. The van der Waals surface area contributed by atoms with Gasteiger partial charge in [-0.25, -0.2) is 0 Å². The van der Waals surface area contributed by atoms with Crippen molar-refractivity contribution in [3.05, 3.63) is 122 Å². The summed E-state index contributed by atoms with van der Waals surface area (Å²) >= 11 is 0. The second kappa shape index (κ2) is 56.4. The Labute approximate surface area is 424 Å². The van der Waals surface area contributed by atoms with E-state index in [0.29, 0.717) is 19.3 Å². The van der Waals surface area contributed by atoms with Gasteiger partial charge in [0.15, 0.2) is 6.10 Å². The van der Waals surface area contributed by atoms with E-state index in [2.05, 4.69) is 130 Å². The number of rotatable bonds is 49. The molecule has 0 aromatic rings. The summed E-state index contributed by atoms with van der Waals surface area (Å²) in [7, 11) is 0. The highest BCUT2D eigenvalue weighted by Crippen LogP contribution is 2.14. The first-order chi connectivity index (χ1) is 34.0. The highest BCUT2D eigenvalue weighted by Gasteiger charge is 2.19. The summed E-state index contributed by atoms with van der Waals surface area (Å²) in [5, 5.41) is 0. The number of allylic oxidation sites excluding steroid dienone is 20. The fourth-order valence-electron chi connectivity index (χ4n) is 7.34. The number of carbonyl (C=O) groups excluding carboxylic acids is 3. The molecular formula is C63H102O6. The Hall–Kier alpha value is -4.19. The Morgan fingerprint density at radius 3 is 0.942 bits per heavy atom. The molecular weight excluding hydrogens is 853 g/mol. The molecule has 0 aliphatic heterocycles. The molecule has 0 saturated carbocycles. The van der Waals surface area contributed by atoms with Gasteiger partial charge in [-0.2, -0.15) is 0 Å². The van der Waals surface area contributed by atoms with Gasteiger partial charge in [0.1, 0.15) is 13.2 Å². The zero-order chi connectivity index (χ0) is 50.0. The third kappa shape index (κ3) is 54.6. The van der Waals surface area contributed by atoms with E-state index in [4.69, 9.17) is 14.2 Å². The first-order valence-corrected chi connectivity index (χ1v) is 28.0. The molecule has 0 heterocycles. The SMILES string of the molecule is CC/C=C\C/C=C\C/C=C\C/C=C\C/C=C\C/C=C\CCCCCCCCCCCCCCC(=O)OCC(COC(=O)CCCCCCCCC)OC(=O)CC/C=C\C/C=C\C/C=C\C/C=C\CC. The van der Waals surface area contributed by atoms with E-state index >= 15 is 0 Å². The van der Waals surface area contributed by atoms with E-state index in [1.165, 1.54) is 89.9 Å². The predicted molar refractivity (Wildman–Crippen MR) is 297 cm³/mol. The second-order valence-electron chi connectivity index (χ2n) is 18.1. The molecule has 0 rings (SSSR count). The normalized spacial score (nSPS) is 13.0. The van der Waals surface area contributed by atoms with Crippen LogP contribution in [0.4, 0.5) is 0 Å². The molecule has 6 nitrogen and oxygen atoms in total. The van der Waals surface area contributed by atoms with Crippen molar-refractivity contribution in [2.75, 3.05) is 13.2 Å². The molecule has 0 fully saturated rings. The van der Waals surface area contributed by atoms with Gasteiger partial charge in [-0.3, -0.25) is 14.4 Å². The van der Waals surface area contributed by atoms with Crippen LogP contribution in [0.25, 0.3) is 0 Å². The largest absolute Gasteiger partial charge is 0.462 e. The maximum atomic E-state index is 12.7. The van der Waals surface area contributed by atoms with Crippen molar-refractivity contribution < 1.29 is 28.6 Å². The fraction of sp³-hybridized carbons (Fsp3) is 0.635. The minimum atomic E-state index is -0.815. The zero-order valence-electron chi connectivity index (χ0n) is 44.5. The van der Waals surface area contributed by atoms with Crippen LogP contribution in [0.15, 0.2) is 122 Å². The van der Waals surface area contributed by atoms with E-state index in [1.807, 2.05) is 12.2 Å². The van der Waals surface area contributed by atoms with Crippen molar-refractivity contribution in [2.45, 2.75) is 245 Å². The summed E-state index contributed by atoms with van der Waals surface area (Å²) < 4.78 is 16.7. The van der Waals surface area contributed by atoms with E-state index in [-0.39, 0.29) is 31.6 Å².